The number of benzene rings is 2. The average Bonchev–Trinajstić information content (AvgIpc) is 3.11. The van der Waals surface area contributed by atoms with Crippen LogP contribution in [0, 0.1) is 0 Å². The first-order valence-corrected chi connectivity index (χ1v) is 9.97. The van der Waals surface area contributed by atoms with Gasteiger partial charge < -0.3 is 4.42 Å². The Balaban J connectivity index is 1.57. The van der Waals surface area contributed by atoms with Crippen molar-refractivity contribution in [3.05, 3.63) is 87.0 Å². The molecule has 2 aromatic heterocycles. The lowest BCUT2D eigenvalue weighted by molar-refractivity contribution is 0.559. The summed E-state index contributed by atoms with van der Waals surface area (Å²) in [5.41, 5.74) is 2.19. The number of thioether (sulfide) groups is 1. The summed E-state index contributed by atoms with van der Waals surface area (Å²) in [4.78, 5) is 12.5. The SMILES string of the molecule is O=c1oc2ccccc2cc1C1=Nn2c(Cc3ccccc3Cl)nnc2SC1. The van der Waals surface area contributed by atoms with Gasteiger partial charge in [0.2, 0.25) is 5.16 Å². The lowest BCUT2D eigenvalue weighted by Gasteiger charge is -2.13. The summed E-state index contributed by atoms with van der Waals surface area (Å²) < 4.78 is 7.14. The Morgan fingerprint density at radius 2 is 1.93 bits per heavy atom. The van der Waals surface area contributed by atoms with Crippen molar-refractivity contribution in [2.75, 3.05) is 5.75 Å². The van der Waals surface area contributed by atoms with Crippen LogP contribution in [0.1, 0.15) is 17.0 Å². The zero-order valence-electron chi connectivity index (χ0n) is 14.5. The summed E-state index contributed by atoms with van der Waals surface area (Å²) in [6, 6.07) is 16.9. The van der Waals surface area contributed by atoms with Crippen LogP contribution in [-0.2, 0) is 6.42 Å². The summed E-state index contributed by atoms with van der Waals surface area (Å²) in [7, 11) is 0. The molecule has 0 amide bonds. The lowest BCUT2D eigenvalue weighted by Crippen LogP contribution is -2.21. The maximum atomic E-state index is 12.5. The molecular weight excluding hydrogens is 396 g/mol. The van der Waals surface area contributed by atoms with Crippen LogP contribution in [-0.4, -0.2) is 26.3 Å². The Morgan fingerprint density at radius 1 is 1.11 bits per heavy atom. The van der Waals surface area contributed by atoms with E-state index in [1.165, 1.54) is 11.8 Å². The van der Waals surface area contributed by atoms with E-state index in [0.29, 0.717) is 45.0 Å². The molecule has 0 saturated carbocycles. The van der Waals surface area contributed by atoms with Crippen molar-refractivity contribution in [2.45, 2.75) is 11.6 Å². The van der Waals surface area contributed by atoms with Crippen LogP contribution in [0.15, 0.2) is 74.1 Å². The first-order valence-electron chi connectivity index (χ1n) is 8.60. The van der Waals surface area contributed by atoms with Gasteiger partial charge in [-0.3, -0.25) is 0 Å². The quantitative estimate of drug-likeness (QED) is 0.479. The molecule has 0 spiro atoms. The summed E-state index contributed by atoms with van der Waals surface area (Å²) in [5, 5.41) is 15.3. The molecule has 2 aromatic carbocycles. The minimum atomic E-state index is -0.401. The van der Waals surface area contributed by atoms with Crippen molar-refractivity contribution in [3.8, 4) is 0 Å². The van der Waals surface area contributed by atoms with Gasteiger partial charge in [-0.25, -0.2) is 4.79 Å². The van der Waals surface area contributed by atoms with Crippen LogP contribution >= 0.6 is 23.4 Å². The second-order valence-corrected chi connectivity index (χ2v) is 7.65. The molecule has 138 valence electrons. The molecule has 5 rings (SSSR count). The summed E-state index contributed by atoms with van der Waals surface area (Å²) in [5.74, 6) is 1.19. The number of aromatic nitrogens is 3. The molecule has 0 atom stereocenters. The summed E-state index contributed by atoms with van der Waals surface area (Å²) in [6.07, 6.45) is 0.496. The Kier molecular flexibility index (Phi) is 4.26. The predicted octanol–water partition coefficient (Wildman–Crippen LogP) is 3.99. The summed E-state index contributed by atoms with van der Waals surface area (Å²) >= 11 is 7.76. The zero-order valence-corrected chi connectivity index (χ0v) is 16.1. The molecule has 6 nitrogen and oxygen atoms in total. The van der Waals surface area contributed by atoms with Gasteiger partial charge in [0, 0.05) is 22.6 Å². The van der Waals surface area contributed by atoms with Crippen LogP contribution in [0.3, 0.4) is 0 Å². The molecule has 1 aliphatic rings. The highest BCUT2D eigenvalue weighted by molar-refractivity contribution is 7.99. The molecule has 8 heteroatoms. The fraction of sp³-hybridized carbons (Fsp3) is 0.100. The largest absolute Gasteiger partial charge is 0.422 e. The van der Waals surface area contributed by atoms with E-state index in [-0.39, 0.29) is 0 Å². The molecule has 0 aliphatic carbocycles. The van der Waals surface area contributed by atoms with Gasteiger partial charge in [0.15, 0.2) is 5.82 Å². The Bertz CT molecular complexity index is 1290. The number of rotatable bonds is 3. The van der Waals surface area contributed by atoms with Gasteiger partial charge in [-0.2, -0.15) is 9.78 Å². The second-order valence-electron chi connectivity index (χ2n) is 6.30. The van der Waals surface area contributed by atoms with E-state index in [4.69, 9.17) is 16.0 Å². The van der Waals surface area contributed by atoms with E-state index in [1.54, 1.807) is 10.7 Å². The topological polar surface area (TPSA) is 73.3 Å². The maximum Gasteiger partial charge on any atom is 0.345 e. The van der Waals surface area contributed by atoms with Gasteiger partial charge in [0.25, 0.3) is 0 Å². The fourth-order valence-electron chi connectivity index (χ4n) is 3.09. The summed E-state index contributed by atoms with van der Waals surface area (Å²) in [6.45, 7) is 0. The van der Waals surface area contributed by atoms with E-state index in [2.05, 4.69) is 15.3 Å². The van der Waals surface area contributed by atoms with E-state index >= 15 is 0 Å². The number of hydrogen-bond donors (Lipinski definition) is 0. The highest BCUT2D eigenvalue weighted by Gasteiger charge is 2.22. The molecule has 0 radical (unpaired) electrons. The van der Waals surface area contributed by atoms with Crippen molar-refractivity contribution >= 4 is 40.0 Å². The molecular formula is C20H13ClN4O2S. The normalized spacial score (nSPS) is 13.4. The van der Waals surface area contributed by atoms with Gasteiger partial charge in [-0.1, -0.05) is 59.8 Å². The third kappa shape index (κ3) is 3.02. The molecule has 0 unspecified atom stereocenters. The molecule has 0 saturated heterocycles. The van der Waals surface area contributed by atoms with Crippen molar-refractivity contribution in [1.29, 1.82) is 0 Å². The van der Waals surface area contributed by atoms with Crippen molar-refractivity contribution < 1.29 is 4.42 Å². The predicted molar refractivity (Wildman–Crippen MR) is 109 cm³/mol. The standard InChI is InChI=1S/C20H13ClN4O2S/c21-15-7-3-1-5-12(15)10-18-22-23-20-25(18)24-16(11-28-20)14-9-13-6-2-4-8-17(13)27-19(14)26/h1-9H,10-11H2. The van der Waals surface area contributed by atoms with Gasteiger partial charge in [-0.05, 0) is 23.8 Å². The van der Waals surface area contributed by atoms with Crippen LogP contribution in [0.25, 0.3) is 11.0 Å². The van der Waals surface area contributed by atoms with Gasteiger partial charge in [0.1, 0.15) is 5.58 Å². The van der Waals surface area contributed by atoms with E-state index < -0.39 is 5.63 Å². The molecule has 28 heavy (non-hydrogen) atoms. The number of fused-ring (bicyclic) bond motifs is 2. The Morgan fingerprint density at radius 3 is 2.82 bits per heavy atom. The minimum Gasteiger partial charge on any atom is -0.422 e. The van der Waals surface area contributed by atoms with Crippen molar-refractivity contribution in [3.63, 3.8) is 0 Å². The molecule has 4 aromatic rings. The van der Waals surface area contributed by atoms with Crippen LogP contribution in [0.5, 0.6) is 0 Å². The van der Waals surface area contributed by atoms with E-state index in [9.17, 15) is 4.79 Å². The first kappa shape index (κ1) is 17.2. The minimum absolute atomic E-state index is 0.401. The number of para-hydroxylation sites is 1. The Hall–Kier alpha value is -2.90. The van der Waals surface area contributed by atoms with Crippen molar-refractivity contribution in [1.82, 2.24) is 14.9 Å². The van der Waals surface area contributed by atoms with Crippen LogP contribution < -0.4 is 5.63 Å². The molecule has 0 fully saturated rings. The average molecular weight is 409 g/mol. The van der Waals surface area contributed by atoms with Crippen molar-refractivity contribution in [2.24, 2.45) is 5.10 Å². The Labute approximate surface area is 168 Å². The molecule has 0 N–H and O–H groups in total. The molecule has 0 bridgehead atoms. The van der Waals surface area contributed by atoms with Crippen LogP contribution in [0.2, 0.25) is 5.02 Å². The third-order valence-electron chi connectivity index (χ3n) is 4.49. The highest BCUT2D eigenvalue weighted by atomic mass is 35.5. The highest BCUT2D eigenvalue weighted by Crippen LogP contribution is 2.26. The van der Waals surface area contributed by atoms with Crippen LogP contribution in [0.4, 0.5) is 0 Å². The fourth-order valence-corrected chi connectivity index (χ4v) is 4.13. The van der Waals surface area contributed by atoms with Gasteiger partial charge in [-0.15, -0.1) is 10.2 Å². The third-order valence-corrected chi connectivity index (χ3v) is 5.79. The number of hydrogen-bond acceptors (Lipinski definition) is 6. The lowest BCUT2D eigenvalue weighted by atomic mass is 10.1. The van der Waals surface area contributed by atoms with Gasteiger partial charge in [0.05, 0.1) is 11.3 Å². The van der Waals surface area contributed by atoms with E-state index in [0.717, 1.165) is 10.9 Å². The maximum absolute atomic E-state index is 12.5. The number of halogens is 1. The van der Waals surface area contributed by atoms with Gasteiger partial charge >= 0.3 is 5.63 Å². The smallest absolute Gasteiger partial charge is 0.345 e. The monoisotopic (exact) mass is 408 g/mol. The molecule has 3 heterocycles. The molecule has 1 aliphatic heterocycles. The number of nitrogens with zero attached hydrogens (tertiary/aromatic N) is 4. The zero-order chi connectivity index (χ0) is 19.1. The van der Waals surface area contributed by atoms with E-state index in [1.807, 2.05) is 48.5 Å². The second kappa shape index (κ2) is 6.92. The first-order chi connectivity index (χ1) is 13.7.